The first-order valence-corrected chi connectivity index (χ1v) is 36.6. The van der Waals surface area contributed by atoms with E-state index < -0.39 is 96.9 Å². The standard InChI is InChI=1S/C88H52F24N6O8/c89-81(90,91)119-65-25-5-53(6-26-65)115(54-7-27-66(28-8-54)120-82(92,93)94)61-21-41-77-73(45-61)74-46-62(116(55-9-29-67(30-10-55)121-83(95,96)97)56-11-31-68(32-12-56)122-84(98,99)100)22-42-78(74)113(77)49-51-1-2-52(4-3-51)50-114-79-43-23-63(117(57-13-33-69(34-14-57)123-85(101,102)103)58-15-35-70(36-16-58)124-86(104,105)106)47-75(79)76-48-64(24-44-80(76)114)118(59-17-37-71(38-18-59)125-87(107,108)109)60-19-39-72(40-20-60)126-88(110,111)112/h1-48H,49-50H2. The average molecular weight is 1780 g/mol. The van der Waals surface area contributed by atoms with Gasteiger partial charge in [-0.1, -0.05) is 24.3 Å². The van der Waals surface area contributed by atoms with Gasteiger partial charge in [-0.3, -0.25) is 0 Å². The van der Waals surface area contributed by atoms with Gasteiger partial charge in [0.15, 0.2) is 0 Å². The van der Waals surface area contributed by atoms with E-state index in [2.05, 4.69) is 37.9 Å². The van der Waals surface area contributed by atoms with Crippen LogP contribution in [-0.2, 0) is 13.1 Å². The first-order chi connectivity index (χ1) is 59.3. The molecule has 0 N–H and O–H groups in total. The number of nitrogens with zero attached hydrogens (tertiary/aromatic N) is 6. The number of rotatable bonds is 24. The third-order valence-electron chi connectivity index (χ3n) is 19.0. The lowest BCUT2D eigenvalue weighted by Crippen LogP contribution is -2.17. The van der Waals surface area contributed by atoms with Crippen molar-refractivity contribution in [3.63, 3.8) is 0 Å². The Morgan fingerprint density at radius 3 is 0.421 bits per heavy atom. The van der Waals surface area contributed by atoms with Gasteiger partial charge in [-0.2, -0.15) is 0 Å². The summed E-state index contributed by atoms with van der Waals surface area (Å²) >= 11 is 0. The summed E-state index contributed by atoms with van der Waals surface area (Å²) in [6.07, 6.45) is -41.0. The van der Waals surface area contributed by atoms with Crippen molar-refractivity contribution in [1.82, 2.24) is 9.13 Å². The summed E-state index contributed by atoms with van der Waals surface area (Å²) in [7, 11) is 0. The normalized spacial score (nSPS) is 12.5. The second-order valence-electron chi connectivity index (χ2n) is 27.5. The second-order valence-corrected chi connectivity index (χ2v) is 27.5. The van der Waals surface area contributed by atoms with Crippen LogP contribution >= 0.6 is 0 Å². The summed E-state index contributed by atoms with van der Waals surface area (Å²) in [6, 6.07) is 62.5. The average Bonchev–Trinajstić information content (AvgIpc) is 1.59. The minimum atomic E-state index is -5.12. The van der Waals surface area contributed by atoms with E-state index in [0.29, 0.717) is 54.7 Å². The highest BCUT2D eigenvalue weighted by molar-refractivity contribution is 6.12. The Kier molecular flexibility index (Phi) is 22.8. The quantitative estimate of drug-likeness (QED) is 0.0539. The lowest BCUT2D eigenvalue weighted by molar-refractivity contribution is -0.275. The van der Waals surface area contributed by atoms with Gasteiger partial charge in [-0.25, -0.2) is 0 Å². The molecule has 0 aliphatic carbocycles. The molecule has 0 atom stereocenters. The molecular formula is C88H52F24N6O8. The van der Waals surface area contributed by atoms with Gasteiger partial charge < -0.3 is 66.6 Å². The Morgan fingerprint density at radius 2 is 0.294 bits per heavy atom. The monoisotopic (exact) mass is 1780 g/mol. The molecule has 2 heterocycles. The van der Waals surface area contributed by atoms with Crippen molar-refractivity contribution in [2.24, 2.45) is 0 Å². The molecule has 0 unspecified atom stereocenters. The molecule has 0 radical (unpaired) electrons. The maximum Gasteiger partial charge on any atom is 0.573 e. The van der Waals surface area contributed by atoms with Crippen molar-refractivity contribution < 1.29 is 143 Å². The number of halogens is 24. The molecule has 15 aromatic rings. The van der Waals surface area contributed by atoms with Crippen LogP contribution < -0.4 is 57.5 Å². The predicted molar refractivity (Wildman–Crippen MR) is 416 cm³/mol. The van der Waals surface area contributed by atoms with Crippen LogP contribution in [0, 0.1) is 0 Å². The van der Waals surface area contributed by atoms with Crippen LogP contribution in [0.2, 0.25) is 0 Å². The van der Waals surface area contributed by atoms with Crippen molar-refractivity contribution in [3.05, 3.63) is 302 Å². The van der Waals surface area contributed by atoms with Gasteiger partial charge in [0.2, 0.25) is 0 Å². The number of hydrogen-bond donors (Lipinski definition) is 0. The molecule has 2 aromatic heterocycles. The maximum atomic E-state index is 13.5. The summed E-state index contributed by atoms with van der Waals surface area (Å²) in [4.78, 5) is 5.93. The third-order valence-corrected chi connectivity index (χ3v) is 19.0. The Bertz CT molecular complexity index is 5400. The molecule has 0 saturated carbocycles. The van der Waals surface area contributed by atoms with E-state index in [1.54, 1.807) is 97.1 Å². The smallest absolute Gasteiger partial charge is 0.406 e. The highest BCUT2D eigenvalue weighted by atomic mass is 19.5. The fourth-order valence-corrected chi connectivity index (χ4v) is 14.3. The van der Waals surface area contributed by atoms with Crippen LogP contribution in [0.1, 0.15) is 11.1 Å². The molecule has 13 aromatic carbocycles. The summed E-state index contributed by atoms with van der Waals surface area (Å²) in [5, 5.41) is 1.59. The highest BCUT2D eigenvalue weighted by Gasteiger charge is 2.38. The zero-order chi connectivity index (χ0) is 89.8. The van der Waals surface area contributed by atoms with E-state index in [1.807, 2.05) is 9.13 Å². The van der Waals surface area contributed by atoms with Crippen LogP contribution in [-0.4, -0.2) is 60.0 Å². The number of fused-ring (bicyclic) bond motifs is 6. The number of hydrogen-bond acceptors (Lipinski definition) is 12. The van der Waals surface area contributed by atoms with E-state index in [1.165, 1.54) is 117 Å². The number of aromatic nitrogens is 2. The molecule has 0 fully saturated rings. The molecular weight excluding hydrogens is 1720 g/mol. The van der Waals surface area contributed by atoms with E-state index in [-0.39, 0.29) is 81.3 Å². The zero-order valence-corrected chi connectivity index (χ0v) is 63.1. The zero-order valence-electron chi connectivity index (χ0n) is 63.1. The number of anilines is 12. The summed E-state index contributed by atoms with van der Waals surface area (Å²) < 4.78 is 362. The molecule has 0 amide bonds. The largest absolute Gasteiger partial charge is 0.573 e. The van der Waals surface area contributed by atoms with E-state index in [9.17, 15) is 105 Å². The summed E-state index contributed by atoms with van der Waals surface area (Å²) in [6.45, 7) is 0.0463. The van der Waals surface area contributed by atoms with Crippen LogP contribution in [0.4, 0.5) is 174 Å². The molecule has 14 nitrogen and oxygen atoms in total. The summed E-state index contributed by atoms with van der Waals surface area (Å²) in [5.74, 6) is -5.11. The van der Waals surface area contributed by atoms with Gasteiger partial charge in [-0.15, -0.1) is 105 Å². The number of alkyl halides is 24. The Balaban J connectivity index is 0.866. The van der Waals surface area contributed by atoms with Crippen LogP contribution in [0.3, 0.4) is 0 Å². The first kappa shape index (κ1) is 86.3. The van der Waals surface area contributed by atoms with Crippen LogP contribution in [0.5, 0.6) is 46.0 Å². The lowest BCUT2D eigenvalue weighted by atomic mass is 10.1. The van der Waals surface area contributed by atoms with Gasteiger partial charge >= 0.3 is 50.9 Å². The Morgan fingerprint density at radius 1 is 0.167 bits per heavy atom. The van der Waals surface area contributed by atoms with Gasteiger partial charge in [0.05, 0.1) is 0 Å². The van der Waals surface area contributed by atoms with Crippen molar-refractivity contribution in [3.8, 4) is 46.0 Å². The van der Waals surface area contributed by atoms with Gasteiger partial charge in [0.1, 0.15) is 46.0 Å². The minimum Gasteiger partial charge on any atom is -0.406 e. The molecule has 0 aliphatic rings. The van der Waals surface area contributed by atoms with E-state index >= 15 is 0 Å². The Hall–Kier alpha value is -14.6. The highest BCUT2D eigenvalue weighted by Crippen LogP contribution is 2.49. The minimum absolute atomic E-state index is 0.0231. The van der Waals surface area contributed by atoms with Gasteiger partial charge in [0.25, 0.3) is 0 Å². The molecule has 126 heavy (non-hydrogen) atoms. The number of benzene rings is 13. The van der Waals surface area contributed by atoms with Crippen molar-refractivity contribution in [2.45, 2.75) is 64.0 Å². The molecule has 0 saturated heterocycles. The first-order valence-electron chi connectivity index (χ1n) is 36.6. The lowest BCUT2D eigenvalue weighted by Gasteiger charge is -2.26. The molecule has 15 rings (SSSR count). The maximum absolute atomic E-state index is 13.5. The molecule has 38 heteroatoms. The van der Waals surface area contributed by atoms with Gasteiger partial charge in [-0.05, 0) is 278 Å². The molecule has 0 spiro atoms. The molecule has 650 valence electrons. The Labute approximate surface area is 693 Å². The molecule has 0 bridgehead atoms. The van der Waals surface area contributed by atoms with E-state index in [4.69, 9.17) is 0 Å². The fraction of sp³-hybridized carbons (Fsp3) is 0.114. The van der Waals surface area contributed by atoms with Gasteiger partial charge in [0, 0.05) is 125 Å². The van der Waals surface area contributed by atoms with E-state index in [0.717, 1.165) is 97.1 Å². The topological polar surface area (TPSA) is 96.7 Å². The van der Waals surface area contributed by atoms with Crippen molar-refractivity contribution >= 4 is 112 Å². The third kappa shape index (κ3) is 21.0. The summed E-state index contributed by atoms with van der Waals surface area (Å²) in [5.41, 5.74) is 5.14. The van der Waals surface area contributed by atoms with Crippen LogP contribution in [0.25, 0.3) is 43.6 Å². The second kappa shape index (κ2) is 33.2. The predicted octanol–water partition coefficient (Wildman–Crippen LogP) is 29.1. The fourth-order valence-electron chi connectivity index (χ4n) is 14.3. The number of ether oxygens (including phenoxy) is 8. The molecule has 0 aliphatic heterocycles. The van der Waals surface area contributed by atoms with Crippen molar-refractivity contribution in [1.29, 1.82) is 0 Å². The van der Waals surface area contributed by atoms with Crippen LogP contribution in [0.15, 0.2) is 291 Å². The van der Waals surface area contributed by atoms with Crippen molar-refractivity contribution in [2.75, 3.05) is 19.6 Å². The SMILES string of the molecule is FC(F)(F)Oc1ccc(N(c2ccc(OC(F)(F)F)cc2)c2ccc3c(c2)c2cc(N(c4ccc(OC(F)(F)F)cc4)c4ccc(OC(F)(F)F)cc4)ccc2n3Cc2ccc(Cn3c4ccc(N(c5ccc(OC(F)(F)F)cc5)c5ccc(OC(F)(F)F)cc5)cc4c4cc(N(c5ccc(OC(F)(F)F)cc5)c5ccc(OC(F)(F)F)cc5)ccc43)cc2)cc1.